The Kier molecular flexibility index (Phi) is 3.48. The van der Waals surface area contributed by atoms with Gasteiger partial charge in [-0.15, -0.1) is 11.3 Å². The van der Waals surface area contributed by atoms with Gasteiger partial charge in [-0.05, 0) is 37.4 Å². The van der Waals surface area contributed by atoms with Crippen molar-refractivity contribution in [3.63, 3.8) is 0 Å². The van der Waals surface area contributed by atoms with Crippen LogP contribution in [0.4, 0.5) is 5.69 Å². The van der Waals surface area contributed by atoms with Crippen molar-refractivity contribution in [1.82, 2.24) is 4.98 Å². The third-order valence-corrected chi connectivity index (χ3v) is 4.97. The molecule has 5 heteroatoms. The number of aromatic nitrogens is 1. The van der Waals surface area contributed by atoms with Crippen molar-refractivity contribution in [2.75, 3.05) is 11.6 Å². The van der Waals surface area contributed by atoms with Crippen molar-refractivity contribution in [1.29, 1.82) is 0 Å². The van der Waals surface area contributed by atoms with Crippen LogP contribution in [0.1, 0.15) is 18.5 Å². The highest BCUT2D eigenvalue weighted by Crippen LogP contribution is 2.31. The SMILES string of the molecule is CSc1nc2ccc(NC(C)c3ccoc3)cc2s1. The predicted molar refractivity (Wildman–Crippen MR) is 82.1 cm³/mol. The Morgan fingerprint density at radius 2 is 2.26 bits per heavy atom. The minimum atomic E-state index is 0.226. The Labute approximate surface area is 120 Å². The van der Waals surface area contributed by atoms with Crippen LogP contribution in [0.25, 0.3) is 10.2 Å². The van der Waals surface area contributed by atoms with E-state index in [9.17, 15) is 0 Å². The second-order valence-corrected chi connectivity index (χ2v) is 6.37. The molecule has 1 atom stereocenters. The Hall–Kier alpha value is -1.46. The average molecular weight is 290 g/mol. The second kappa shape index (κ2) is 5.27. The second-order valence-electron chi connectivity index (χ2n) is 4.29. The van der Waals surface area contributed by atoms with Crippen molar-refractivity contribution < 1.29 is 4.42 Å². The summed E-state index contributed by atoms with van der Waals surface area (Å²) in [7, 11) is 0. The third kappa shape index (κ3) is 2.62. The van der Waals surface area contributed by atoms with Crippen LogP contribution in [0.15, 0.2) is 45.5 Å². The molecule has 3 aromatic rings. The van der Waals surface area contributed by atoms with Crippen LogP contribution in [0.3, 0.4) is 0 Å². The monoisotopic (exact) mass is 290 g/mol. The average Bonchev–Trinajstić information content (AvgIpc) is 3.07. The van der Waals surface area contributed by atoms with Gasteiger partial charge in [0, 0.05) is 11.3 Å². The number of nitrogens with one attached hydrogen (secondary N) is 1. The molecule has 0 amide bonds. The Bertz CT molecular complexity index is 676. The summed E-state index contributed by atoms with van der Waals surface area (Å²) in [4.78, 5) is 4.54. The van der Waals surface area contributed by atoms with E-state index in [4.69, 9.17) is 4.42 Å². The maximum absolute atomic E-state index is 5.11. The largest absolute Gasteiger partial charge is 0.472 e. The fraction of sp³-hybridized carbons (Fsp3) is 0.214. The number of anilines is 1. The van der Waals surface area contributed by atoms with E-state index in [0.29, 0.717) is 0 Å². The van der Waals surface area contributed by atoms with Gasteiger partial charge in [0.05, 0.1) is 28.8 Å². The van der Waals surface area contributed by atoms with Crippen molar-refractivity contribution in [2.24, 2.45) is 0 Å². The first-order valence-corrected chi connectivity index (χ1v) is 8.03. The summed E-state index contributed by atoms with van der Waals surface area (Å²) in [6.45, 7) is 2.12. The van der Waals surface area contributed by atoms with Crippen molar-refractivity contribution in [3.05, 3.63) is 42.4 Å². The lowest BCUT2D eigenvalue weighted by atomic mass is 10.1. The summed E-state index contributed by atoms with van der Waals surface area (Å²) >= 11 is 3.42. The first kappa shape index (κ1) is 12.6. The smallest absolute Gasteiger partial charge is 0.150 e. The van der Waals surface area contributed by atoms with E-state index in [1.54, 1.807) is 35.6 Å². The standard InChI is InChI=1S/C14H14N2OS2/c1-9(10-5-6-17-8-10)15-11-3-4-12-13(7-11)19-14(16-12)18-2/h3-9,15H,1-2H3. The molecule has 0 radical (unpaired) electrons. The zero-order valence-corrected chi connectivity index (χ0v) is 12.3. The number of thioether (sulfide) groups is 1. The molecular weight excluding hydrogens is 276 g/mol. The number of fused-ring (bicyclic) bond motifs is 1. The van der Waals surface area contributed by atoms with Gasteiger partial charge < -0.3 is 9.73 Å². The van der Waals surface area contributed by atoms with Crippen molar-refractivity contribution in [3.8, 4) is 0 Å². The van der Waals surface area contributed by atoms with Crippen LogP contribution in [-0.2, 0) is 0 Å². The Balaban J connectivity index is 1.85. The maximum atomic E-state index is 5.11. The molecule has 0 saturated carbocycles. The number of thiazole rings is 1. The van der Waals surface area contributed by atoms with Crippen LogP contribution in [0.2, 0.25) is 0 Å². The summed E-state index contributed by atoms with van der Waals surface area (Å²) in [5.41, 5.74) is 3.32. The molecule has 0 aliphatic rings. The minimum absolute atomic E-state index is 0.226. The molecule has 2 aromatic heterocycles. The van der Waals surface area contributed by atoms with Gasteiger partial charge in [-0.3, -0.25) is 0 Å². The molecule has 0 saturated heterocycles. The molecule has 0 aliphatic heterocycles. The van der Waals surface area contributed by atoms with E-state index in [1.807, 2.05) is 6.07 Å². The van der Waals surface area contributed by atoms with Crippen LogP contribution in [0.5, 0.6) is 0 Å². The Morgan fingerprint density at radius 1 is 1.37 bits per heavy atom. The van der Waals surface area contributed by atoms with Crippen LogP contribution < -0.4 is 5.32 Å². The van der Waals surface area contributed by atoms with E-state index >= 15 is 0 Å². The fourth-order valence-electron chi connectivity index (χ4n) is 1.94. The number of benzene rings is 1. The van der Waals surface area contributed by atoms with Gasteiger partial charge >= 0.3 is 0 Å². The van der Waals surface area contributed by atoms with E-state index < -0.39 is 0 Å². The van der Waals surface area contributed by atoms with Crippen molar-refractivity contribution >= 4 is 39.0 Å². The number of nitrogens with zero attached hydrogens (tertiary/aromatic N) is 1. The van der Waals surface area contributed by atoms with Gasteiger partial charge in [0.1, 0.15) is 0 Å². The van der Waals surface area contributed by atoms with Gasteiger partial charge in [0.2, 0.25) is 0 Å². The van der Waals surface area contributed by atoms with Gasteiger partial charge in [0.15, 0.2) is 4.34 Å². The summed E-state index contributed by atoms with van der Waals surface area (Å²) in [6, 6.07) is 8.50. The lowest BCUT2D eigenvalue weighted by molar-refractivity contribution is 0.562. The van der Waals surface area contributed by atoms with Crippen LogP contribution in [-0.4, -0.2) is 11.2 Å². The lowest BCUT2D eigenvalue weighted by Gasteiger charge is -2.13. The molecule has 1 unspecified atom stereocenters. The highest BCUT2D eigenvalue weighted by molar-refractivity contribution is 8.00. The number of rotatable bonds is 4. The predicted octanol–water partition coefficient (Wildman–Crippen LogP) is 4.78. The number of hydrogen-bond donors (Lipinski definition) is 1. The molecule has 0 fully saturated rings. The molecule has 1 N–H and O–H groups in total. The van der Waals surface area contributed by atoms with Gasteiger partial charge in [-0.2, -0.15) is 0 Å². The summed E-state index contributed by atoms with van der Waals surface area (Å²) in [6.07, 6.45) is 5.53. The molecule has 3 rings (SSSR count). The van der Waals surface area contributed by atoms with E-state index in [2.05, 4.69) is 41.7 Å². The zero-order valence-electron chi connectivity index (χ0n) is 10.7. The van der Waals surface area contributed by atoms with Gasteiger partial charge in [-0.25, -0.2) is 4.98 Å². The lowest BCUT2D eigenvalue weighted by Crippen LogP contribution is -2.05. The summed E-state index contributed by atoms with van der Waals surface area (Å²) < 4.78 is 7.43. The number of hydrogen-bond acceptors (Lipinski definition) is 5. The molecule has 19 heavy (non-hydrogen) atoms. The van der Waals surface area contributed by atoms with E-state index in [-0.39, 0.29) is 6.04 Å². The molecule has 98 valence electrons. The molecule has 1 aromatic carbocycles. The third-order valence-electron chi connectivity index (χ3n) is 2.97. The molecule has 0 bridgehead atoms. The van der Waals surface area contributed by atoms with Gasteiger partial charge in [0.25, 0.3) is 0 Å². The van der Waals surface area contributed by atoms with Crippen molar-refractivity contribution in [2.45, 2.75) is 17.3 Å². The molecule has 0 aliphatic carbocycles. The number of furan rings is 1. The summed E-state index contributed by atoms with van der Waals surface area (Å²) in [5, 5.41) is 3.48. The van der Waals surface area contributed by atoms with Crippen LogP contribution in [0, 0.1) is 0 Å². The van der Waals surface area contributed by atoms with E-state index in [1.165, 1.54) is 4.70 Å². The summed E-state index contributed by atoms with van der Waals surface area (Å²) in [5.74, 6) is 0. The van der Waals surface area contributed by atoms with Gasteiger partial charge in [-0.1, -0.05) is 11.8 Å². The molecule has 2 heterocycles. The molecular formula is C14H14N2OS2. The maximum Gasteiger partial charge on any atom is 0.150 e. The van der Waals surface area contributed by atoms with E-state index in [0.717, 1.165) is 21.1 Å². The van der Waals surface area contributed by atoms with Crippen LogP contribution >= 0.6 is 23.1 Å². The quantitative estimate of drug-likeness (QED) is 0.701. The topological polar surface area (TPSA) is 38.1 Å². The molecule has 0 spiro atoms. The Morgan fingerprint density at radius 3 is 3.00 bits per heavy atom. The first-order chi connectivity index (χ1) is 9.26. The minimum Gasteiger partial charge on any atom is -0.472 e. The zero-order chi connectivity index (χ0) is 13.2. The first-order valence-electron chi connectivity index (χ1n) is 5.99. The fourth-order valence-corrected chi connectivity index (χ4v) is 3.46. The highest BCUT2D eigenvalue weighted by Gasteiger charge is 2.08. The highest BCUT2D eigenvalue weighted by atomic mass is 32.2. The normalized spacial score (nSPS) is 12.7. The molecule has 3 nitrogen and oxygen atoms in total.